The van der Waals surface area contributed by atoms with E-state index in [2.05, 4.69) is 5.32 Å². The number of carbonyl (C=O) groups excluding carboxylic acids is 2. The Kier molecular flexibility index (Phi) is 4.87. The first-order valence-corrected chi connectivity index (χ1v) is 9.73. The van der Waals surface area contributed by atoms with Crippen LogP contribution in [0.2, 0.25) is 0 Å². The predicted molar refractivity (Wildman–Crippen MR) is 103 cm³/mol. The van der Waals surface area contributed by atoms with Gasteiger partial charge in [-0.15, -0.1) is 0 Å². The maximum absolute atomic E-state index is 13.2. The lowest BCUT2D eigenvalue weighted by molar-refractivity contribution is 0.0762. The van der Waals surface area contributed by atoms with E-state index in [9.17, 15) is 9.59 Å². The van der Waals surface area contributed by atoms with E-state index in [4.69, 9.17) is 4.42 Å². The standard InChI is InChI=1S/C22H26N2O3/c1-16-17(13-19(25)20-7-3-12-27-20)5-2-6-18(16)21(26)24-11-9-22(15-24)8-4-10-23-14-22/h2-3,5-7,12,23H,4,8-11,13-15H2,1H3. The lowest BCUT2D eigenvalue weighted by atomic mass is 9.80. The molecule has 142 valence electrons. The Hall–Kier alpha value is -2.40. The zero-order valence-corrected chi connectivity index (χ0v) is 15.8. The highest BCUT2D eigenvalue weighted by Gasteiger charge is 2.41. The molecule has 0 radical (unpaired) electrons. The summed E-state index contributed by atoms with van der Waals surface area (Å²) in [7, 11) is 0. The number of nitrogens with one attached hydrogen (secondary N) is 1. The van der Waals surface area contributed by atoms with Crippen molar-refractivity contribution in [3.63, 3.8) is 0 Å². The number of ketones is 1. The number of hydrogen-bond acceptors (Lipinski definition) is 4. The molecule has 4 rings (SSSR count). The van der Waals surface area contributed by atoms with E-state index in [0.717, 1.165) is 43.7 Å². The number of likely N-dealkylation sites (tertiary alicyclic amines) is 1. The van der Waals surface area contributed by atoms with E-state index in [1.165, 1.54) is 19.1 Å². The summed E-state index contributed by atoms with van der Waals surface area (Å²) in [4.78, 5) is 27.5. The molecule has 0 aliphatic carbocycles. The van der Waals surface area contributed by atoms with Gasteiger partial charge in [-0.1, -0.05) is 12.1 Å². The van der Waals surface area contributed by atoms with E-state index < -0.39 is 0 Å². The third kappa shape index (κ3) is 3.56. The van der Waals surface area contributed by atoms with Gasteiger partial charge in [0.25, 0.3) is 5.91 Å². The predicted octanol–water partition coefficient (Wildman–Crippen LogP) is 3.23. The van der Waals surface area contributed by atoms with Crippen LogP contribution in [0.3, 0.4) is 0 Å². The molecule has 27 heavy (non-hydrogen) atoms. The quantitative estimate of drug-likeness (QED) is 0.844. The minimum absolute atomic E-state index is 0.0684. The maximum atomic E-state index is 13.2. The van der Waals surface area contributed by atoms with Gasteiger partial charge in [-0.25, -0.2) is 0 Å². The average molecular weight is 366 g/mol. The molecule has 5 nitrogen and oxygen atoms in total. The molecule has 0 bridgehead atoms. The number of rotatable bonds is 4. The van der Waals surface area contributed by atoms with Crippen molar-refractivity contribution in [2.24, 2.45) is 5.41 Å². The van der Waals surface area contributed by atoms with Crippen LogP contribution in [-0.4, -0.2) is 42.8 Å². The van der Waals surface area contributed by atoms with Gasteiger partial charge in [0.2, 0.25) is 5.78 Å². The summed E-state index contributed by atoms with van der Waals surface area (Å²) < 4.78 is 5.20. The molecule has 0 saturated carbocycles. The van der Waals surface area contributed by atoms with Gasteiger partial charge in [0.05, 0.1) is 6.26 Å². The van der Waals surface area contributed by atoms with Crippen molar-refractivity contribution in [3.05, 3.63) is 59.0 Å². The Balaban J connectivity index is 1.50. The second-order valence-corrected chi connectivity index (χ2v) is 7.92. The summed E-state index contributed by atoms with van der Waals surface area (Å²) in [6.07, 6.45) is 5.20. The minimum Gasteiger partial charge on any atom is -0.461 e. The molecule has 1 amide bonds. The van der Waals surface area contributed by atoms with Gasteiger partial charge in [0, 0.05) is 37.0 Å². The summed E-state index contributed by atoms with van der Waals surface area (Å²) in [6.45, 7) is 5.67. The molecule has 2 aromatic rings. The lowest BCUT2D eigenvalue weighted by Gasteiger charge is -2.33. The van der Waals surface area contributed by atoms with E-state index in [1.807, 2.05) is 30.0 Å². The van der Waals surface area contributed by atoms with Crippen LogP contribution >= 0.6 is 0 Å². The van der Waals surface area contributed by atoms with Crippen molar-refractivity contribution >= 4 is 11.7 Å². The molecular weight excluding hydrogens is 340 g/mol. The van der Waals surface area contributed by atoms with Crippen molar-refractivity contribution in [3.8, 4) is 0 Å². The van der Waals surface area contributed by atoms with Crippen LogP contribution in [0.1, 0.15) is 51.3 Å². The largest absolute Gasteiger partial charge is 0.461 e. The highest BCUT2D eigenvalue weighted by Crippen LogP contribution is 2.37. The van der Waals surface area contributed by atoms with Gasteiger partial charge in [-0.3, -0.25) is 9.59 Å². The number of carbonyl (C=O) groups is 2. The Morgan fingerprint density at radius 1 is 1.22 bits per heavy atom. The zero-order chi connectivity index (χ0) is 18.9. The number of Topliss-reactive ketones (excluding diaryl/α,β-unsaturated/α-hetero) is 1. The second-order valence-electron chi connectivity index (χ2n) is 7.92. The third-order valence-electron chi connectivity index (χ3n) is 6.11. The smallest absolute Gasteiger partial charge is 0.254 e. The van der Waals surface area contributed by atoms with E-state index in [-0.39, 0.29) is 23.5 Å². The molecule has 2 aliphatic rings. The number of nitrogens with zero attached hydrogens (tertiary/aromatic N) is 1. The van der Waals surface area contributed by atoms with Crippen LogP contribution in [-0.2, 0) is 6.42 Å². The number of piperidine rings is 1. The van der Waals surface area contributed by atoms with Gasteiger partial charge in [0.15, 0.2) is 5.76 Å². The van der Waals surface area contributed by atoms with E-state index in [0.29, 0.717) is 11.3 Å². The lowest BCUT2D eigenvalue weighted by Crippen LogP contribution is -2.42. The van der Waals surface area contributed by atoms with E-state index in [1.54, 1.807) is 12.1 Å². The molecule has 1 unspecified atom stereocenters. The van der Waals surface area contributed by atoms with Gasteiger partial charge in [0.1, 0.15) is 0 Å². The molecule has 1 aromatic carbocycles. The van der Waals surface area contributed by atoms with Crippen molar-refractivity contribution < 1.29 is 14.0 Å². The summed E-state index contributed by atoms with van der Waals surface area (Å²) in [6, 6.07) is 9.06. The summed E-state index contributed by atoms with van der Waals surface area (Å²) in [5.74, 6) is 0.376. The fraction of sp³-hybridized carbons (Fsp3) is 0.455. The van der Waals surface area contributed by atoms with E-state index >= 15 is 0 Å². The van der Waals surface area contributed by atoms with Crippen molar-refractivity contribution in [2.45, 2.75) is 32.6 Å². The first kappa shape index (κ1) is 18.0. The third-order valence-corrected chi connectivity index (χ3v) is 6.11. The first-order chi connectivity index (χ1) is 13.1. The monoisotopic (exact) mass is 366 g/mol. The topological polar surface area (TPSA) is 62.6 Å². The zero-order valence-electron chi connectivity index (χ0n) is 15.8. The van der Waals surface area contributed by atoms with Gasteiger partial charge < -0.3 is 14.6 Å². The van der Waals surface area contributed by atoms with Crippen molar-refractivity contribution in [1.29, 1.82) is 0 Å². The second kappa shape index (κ2) is 7.31. The molecule has 1 N–H and O–H groups in total. The summed E-state index contributed by atoms with van der Waals surface area (Å²) in [5.41, 5.74) is 2.73. The summed E-state index contributed by atoms with van der Waals surface area (Å²) >= 11 is 0. The molecule has 1 atom stereocenters. The van der Waals surface area contributed by atoms with Gasteiger partial charge in [-0.2, -0.15) is 0 Å². The molecule has 2 aliphatic heterocycles. The van der Waals surface area contributed by atoms with Crippen LogP contribution < -0.4 is 5.32 Å². The SMILES string of the molecule is Cc1c(CC(=O)c2ccco2)cccc1C(=O)N1CCC2(CCCNC2)C1. The van der Waals surface area contributed by atoms with Crippen molar-refractivity contribution in [2.75, 3.05) is 26.2 Å². The summed E-state index contributed by atoms with van der Waals surface area (Å²) in [5, 5.41) is 3.49. The highest BCUT2D eigenvalue weighted by atomic mass is 16.3. The highest BCUT2D eigenvalue weighted by molar-refractivity contribution is 5.98. The normalized spacial score (nSPS) is 22.3. The van der Waals surface area contributed by atoms with Crippen LogP contribution in [0.5, 0.6) is 0 Å². The molecular formula is C22H26N2O3. The Morgan fingerprint density at radius 2 is 2.11 bits per heavy atom. The van der Waals surface area contributed by atoms with Crippen LogP contribution in [0.4, 0.5) is 0 Å². The molecule has 1 aromatic heterocycles. The average Bonchev–Trinajstić information content (AvgIpc) is 3.34. The number of hydrogen-bond donors (Lipinski definition) is 1. The first-order valence-electron chi connectivity index (χ1n) is 9.73. The minimum atomic E-state index is -0.0684. The number of benzene rings is 1. The fourth-order valence-electron chi connectivity index (χ4n) is 4.46. The van der Waals surface area contributed by atoms with Crippen molar-refractivity contribution in [1.82, 2.24) is 10.2 Å². The Morgan fingerprint density at radius 3 is 2.85 bits per heavy atom. The molecule has 5 heteroatoms. The molecule has 3 heterocycles. The maximum Gasteiger partial charge on any atom is 0.254 e. The van der Waals surface area contributed by atoms with Crippen LogP contribution in [0.25, 0.3) is 0 Å². The molecule has 2 saturated heterocycles. The van der Waals surface area contributed by atoms with Crippen LogP contribution in [0.15, 0.2) is 41.0 Å². The van der Waals surface area contributed by atoms with Crippen LogP contribution in [0, 0.1) is 12.3 Å². The molecule has 2 fully saturated rings. The molecule has 1 spiro atoms. The number of amides is 1. The fourth-order valence-corrected chi connectivity index (χ4v) is 4.46. The van der Waals surface area contributed by atoms with Gasteiger partial charge in [-0.05, 0) is 62.1 Å². The Labute approximate surface area is 159 Å². The van der Waals surface area contributed by atoms with Gasteiger partial charge >= 0.3 is 0 Å². The number of furan rings is 1. The Bertz CT molecular complexity index is 835.